The van der Waals surface area contributed by atoms with Crippen molar-refractivity contribution in [2.75, 3.05) is 0 Å². The first-order valence-corrected chi connectivity index (χ1v) is 4.81. The number of rotatable bonds is 2. The molecule has 15 heavy (non-hydrogen) atoms. The average Bonchev–Trinajstić information content (AvgIpc) is 2.22. The number of aliphatic hydroxyl groups excluding tert-OH is 1. The molecule has 4 heteroatoms. The van der Waals surface area contributed by atoms with Crippen molar-refractivity contribution in [3.63, 3.8) is 0 Å². The molecule has 0 aliphatic carbocycles. The van der Waals surface area contributed by atoms with Crippen LogP contribution < -0.4 is 5.56 Å². The van der Waals surface area contributed by atoms with E-state index in [1.807, 2.05) is 18.2 Å². The van der Waals surface area contributed by atoms with E-state index in [-0.39, 0.29) is 12.1 Å². The highest BCUT2D eigenvalue weighted by atomic mass is 16.3. The lowest BCUT2D eigenvalue weighted by molar-refractivity contribution is 0.166. The maximum Gasteiger partial charge on any atom is 0.274 e. The summed E-state index contributed by atoms with van der Waals surface area (Å²) in [6.07, 6.45) is 1.07. The van der Waals surface area contributed by atoms with Crippen LogP contribution in [0.2, 0.25) is 0 Å². The summed E-state index contributed by atoms with van der Waals surface area (Å²) in [4.78, 5) is 11.9. The lowest BCUT2D eigenvalue weighted by Crippen LogP contribution is -2.27. The molecule has 2 rings (SSSR count). The minimum absolute atomic E-state index is 0.158. The van der Waals surface area contributed by atoms with Gasteiger partial charge >= 0.3 is 0 Å². The standard InChI is InChI=1S/C11H12N2O2/c1-8(14)7-13-11(15)10-5-3-2-4-9(10)6-12-13/h2-6,8,14H,7H2,1H3/t8-/m1/s1. The number of nitrogens with zero attached hydrogens (tertiary/aromatic N) is 2. The maximum absolute atomic E-state index is 11.9. The normalized spacial score (nSPS) is 12.9. The van der Waals surface area contributed by atoms with Crippen molar-refractivity contribution >= 4 is 10.8 Å². The summed E-state index contributed by atoms with van der Waals surface area (Å²) in [5.74, 6) is 0. The molecule has 1 atom stereocenters. The minimum atomic E-state index is -0.573. The van der Waals surface area contributed by atoms with Crippen molar-refractivity contribution < 1.29 is 5.11 Å². The van der Waals surface area contributed by atoms with Gasteiger partial charge in [-0.05, 0) is 13.0 Å². The summed E-state index contributed by atoms with van der Waals surface area (Å²) in [6.45, 7) is 1.85. The molecule has 0 unspecified atom stereocenters. The molecule has 2 aromatic rings. The highest BCUT2D eigenvalue weighted by molar-refractivity contribution is 5.80. The van der Waals surface area contributed by atoms with Gasteiger partial charge in [0.2, 0.25) is 0 Å². The Bertz CT molecular complexity index is 531. The third-order valence-electron chi connectivity index (χ3n) is 2.20. The quantitative estimate of drug-likeness (QED) is 0.786. The van der Waals surface area contributed by atoms with Crippen molar-refractivity contribution in [2.45, 2.75) is 19.6 Å². The predicted molar refractivity (Wildman–Crippen MR) is 57.7 cm³/mol. The molecule has 0 aliphatic heterocycles. The number of hydrogen-bond acceptors (Lipinski definition) is 3. The molecule has 4 nitrogen and oxygen atoms in total. The molecule has 0 fully saturated rings. The van der Waals surface area contributed by atoms with Gasteiger partial charge in [0.25, 0.3) is 5.56 Å². The van der Waals surface area contributed by atoms with E-state index >= 15 is 0 Å². The van der Waals surface area contributed by atoms with Gasteiger partial charge in [-0.2, -0.15) is 5.10 Å². The fourth-order valence-corrected chi connectivity index (χ4v) is 1.51. The Balaban J connectivity index is 2.60. The fraction of sp³-hybridized carbons (Fsp3) is 0.273. The van der Waals surface area contributed by atoms with Crippen LogP contribution in [-0.4, -0.2) is 21.0 Å². The van der Waals surface area contributed by atoms with Gasteiger partial charge < -0.3 is 5.11 Å². The van der Waals surface area contributed by atoms with E-state index in [4.69, 9.17) is 0 Å². The molecule has 1 aromatic carbocycles. The molecule has 1 aromatic heterocycles. The Morgan fingerprint density at radius 1 is 1.47 bits per heavy atom. The Labute approximate surface area is 86.8 Å². The second-order valence-corrected chi connectivity index (χ2v) is 3.57. The largest absolute Gasteiger partial charge is 0.391 e. The van der Waals surface area contributed by atoms with Crippen molar-refractivity contribution in [3.8, 4) is 0 Å². The molecular weight excluding hydrogens is 192 g/mol. The molecule has 0 aliphatic rings. The lowest BCUT2D eigenvalue weighted by Gasteiger charge is -2.07. The zero-order valence-corrected chi connectivity index (χ0v) is 8.42. The van der Waals surface area contributed by atoms with Crippen LogP contribution in [0.15, 0.2) is 35.3 Å². The Morgan fingerprint density at radius 3 is 2.93 bits per heavy atom. The average molecular weight is 204 g/mol. The van der Waals surface area contributed by atoms with E-state index in [1.54, 1.807) is 19.2 Å². The molecule has 0 amide bonds. The summed E-state index contributed by atoms with van der Waals surface area (Å²) in [5.41, 5.74) is -0.158. The molecule has 0 saturated heterocycles. The van der Waals surface area contributed by atoms with E-state index in [0.29, 0.717) is 5.39 Å². The molecule has 0 radical (unpaired) electrons. The molecule has 0 bridgehead atoms. The molecule has 0 saturated carbocycles. The number of aromatic nitrogens is 2. The van der Waals surface area contributed by atoms with Crippen LogP contribution in [-0.2, 0) is 6.54 Å². The van der Waals surface area contributed by atoms with Gasteiger partial charge in [-0.15, -0.1) is 0 Å². The second kappa shape index (κ2) is 3.82. The first-order chi connectivity index (χ1) is 7.18. The highest BCUT2D eigenvalue weighted by Gasteiger charge is 2.05. The molecule has 1 N–H and O–H groups in total. The summed E-state index contributed by atoms with van der Waals surface area (Å²) in [7, 11) is 0. The van der Waals surface area contributed by atoms with Crippen LogP contribution in [0, 0.1) is 0 Å². The maximum atomic E-state index is 11.9. The number of fused-ring (bicyclic) bond motifs is 1. The van der Waals surface area contributed by atoms with Gasteiger partial charge in [0.15, 0.2) is 0 Å². The van der Waals surface area contributed by atoms with Gasteiger partial charge in [0.1, 0.15) is 0 Å². The predicted octanol–water partition coefficient (Wildman–Crippen LogP) is 0.777. The van der Waals surface area contributed by atoms with E-state index < -0.39 is 6.10 Å². The van der Waals surface area contributed by atoms with E-state index in [0.717, 1.165) is 5.39 Å². The Morgan fingerprint density at radius 2 is 2.20 bits per heavy atom. The van der Waals surface area contributed by atoms with Crippen molar-refractivity contribution in [1.29, 1.82) is 0 Å². The Hall–Kier alpha value is -1.68. The lowest BCUT2D eigenvalue weighted by atomic mass is 10.2. The van der Waals surface area contributed by atoms with Crippen LogP contribution >= 0.6 is 0 Å². The van der Waals surface area contributed by atoms with Crippen molar-refractivity contribution in [3.05, 3.63) is 40.8 Å². The monoisotopic (exact) mass is 204 g/mol. The van der Waals surface area contributed by atoms with Gasteiger partial charge in [0, 0.05) is 5.39 Å². The first kappa shape index (κ1) is 9.86. The van der Waals surface area contributed by atoms with E-state index in [2.05, 4.69) is 5.10 Å². The van der Waals surface area contributed by atoms with E-state index in [1.165, 1.54) is 4.68 Å². The Kier molecular flexibility index (Phi) is 2.51. The summed E-state index contributed by atoms with van der Waals surface area (Å²) in [5, 5.41) is 14.6. The molecule has 0 spiro atoms. The van der Waals surface area contributed by atoms with Crippen LogP contribution in [0.4, 0.5) is 0 Å². The minimum Gasteiger partial charge on any atom is -0.391 e. The van der Waals surface area contributed by atoms with Gasteiger partial charge in [-0.25, -0.2) is 4.68 Å². The topological polar surface area (TPSA) is 55.1 Å². The number of aliphatic hydroxyl groups is 1. The van der Waals surface area contributed by atoms with Gasteiger partial charge in [0.05, 0.1) is 24.2 Å². The fourth-order valence-electron chi connectivity index (χ4n) is 1.51. The zero-order chi connectivity index (χ0) is 10.8. The highest BCUT2D eigenvalue weighted by Crippen LogP contribution is 2.06. The molecular formula is C11H12N2O2. The zero-order valence-electron chi connectivity index (χ0n) is 8.42. The van der Waals surface area contributed by atoms with Gasteiger partial charge in [-0.3, -0.25) is 4.79 Å². The number of hydrogen-bond donors (Lipinski definition) is 1. The third kappa shape index (κ3) is 1.89. The smallest absolute Gasteiger partial charge is 0.274 e. The van der Waals surface area contributed by atoms with Crippen molar-refractivity contribution in [2.24, 2.45) is 0 Å². The summed E-state index contributed by atoms with van der Waals surface area (Å²) in [6, 6.07) is 7.28. The van der Waals surface area contributed by atoms with Crippen LogP contribution in [0.1, 0.15) is 6.92 Å². The summed E-state index contributed by atoms with van der Waals surface area (Å²) >= 11 is 0. The van der Waals surface area contributed by atoms with E-state index in [9.17, 15) is 9.90 Å². The first-order valence-electron chi connectivity index (χ1n) is 4.81. The second-order valence-electron chi connectivity index (χ2n) is 3.57. The van der Waals surface area contributed by atoms with Crippen LogP contribution in [0.5, 0.6) is 0 Å². The van der Waals surface area contributed by atoms with Crippen molar-refractivity contribution in [1.82, 2.24) is 9.78 Å². The van der Waals surface area contributed by atoms with Crippen LogP contribution in [0.3, 0.4) is 0 Å². The SMILES string of the molecule is C[C@@H](O)Cn1ncc2ccccc2c1=O. The molecule has 1 heterocycles. The number of benzene rings is 1. The van der Waals surface area contributed by atoms with Gasteiger partial charge in [-0.1, -0.05) is 18.2 Å². The summed E-state index contributed by atoms with van der Waals surface area (Å²) < 4.78 is 1.28. The molecule has 78 valence electrons. The third-order valence-corrected chi connectivity index (χ3v) is 2.20. The van der Waals surface area contributed by atoms with Crippen LogP contribution in [0.25, 0.3) is 10.8 Å².